The van der Waals surface area contributed by atoms with E-state index in [0.717, 1.165) is 25.4 Å². The van der Waals surface area contributed by atoms with E-state index < -0.39 is 0 Å². The number of hydrogen-bond acceptors (Lipinski definition) is 3. The molecule has 0 aliphatic carbocycles. The van der Waals surface area contributed by atoms with Crippen LogP contribution in [0.3, 0.4) is 0 Å². The van der Waals surface area contributed by atoms with Gasteiger partial charge in [-0.25, -0.2) is 0 Å². The summed E-state index contributed by atoms with van der Waals surface area (Å²) in [5, 5.41) is 3.60. The van der Waals surface area contributed by atoms with Crippen LogP contribution in [0.2, 0.25) is 0 Å². The standard InChI is InChI=1S/C16H26N2O/c1-3-19-16-10-5-4-8-14(16)12-18(2)13-15-9-6-7-11-17-15/h4-5,8,10,15,17H,3,6-7,9,11-13H2,1-2H3. The largest absolute Gasteiger partial charge is 0.494 e. The first-order chi connectivity index (χ1) is 9.29. The average Bonchev–Trinajstić information content (AvgIpc) is 2.42. The number of likely N-dealkylation sites (N-methyl/N-ethyl adjacent to an activating group) is 1. The third-order valence-corrected chi connectivity index (χ3v) is 3.66. The molecule has 0 spiro atoms. The van der Waals surface area contributed by atoms with Crippen molar-refractivity contribution >= 4 is 0 Å². The van der Waals surface area contributed by atoms with E-state index in [-0.39, 0.29) is 0 Å². The highest BCUT2D eigenvalue weighted by molar-refractivity contribution is 5.33. The van der Waals surface area contributed by atoms with Gasteiger partial charge in [0.25, 0.3) is 0 Å². The third kappa shape index (κ3) is 4.51. The smallest absolute Gasteiger partial charge is 0.123 e. The molecule has 1 saturated heterocycles. The van der Waals surface area contributed by atoms with E-state index in [0.29, 0.717) is 6.04 Å². The first-order valence-corrected chi connectivity index (χ1v) is 7.42. The molecule has 0 aromatic heterocycles. The number of hydrogen-bond donors (Lipinski definition) is 1. The fourth-order valence-corrected chi connectivity index (χ4v) is 2.74. The zero-order chi connectivity index (χ0) is 13.5. The first kappa shape index (κ1) is 14.4. The van der Waals surface area contributed by atoms with Gasteiger partial charge in [-0.15, -0.1) is 0 Å². The molecule has 106 valence electrons. The van der Waals surface area contributed by atoms with Crippen molar-refractivity contribution in [3.8, 4) is 5.75 Å². The van der Waals surface area contributed by atoms with E-state index >= 15 is 0 Å². The fraction of sp³-hybridized carbons (Fsp3) is 0.625. The Morgan fingerprint density at radius 2 is 2.16 bits per heavy atom. The van der Waals surface area contributed by atoms with E-state index in [4.69, 9.17) is 4.74 Å². The normalized spacial score (nSPS) is 19.6. The number of nitrogens with one attached hydrogen (secondary N) is 1. The second-order valence-electron chi connectivity index (χ2n) is 5.38. The van der Waals surface area contributed by atoms with Crippen molar-refractivity contribution < 1.29 is 4.74 Å². The Balaban J connectivity index is 1.88. The Labute approximate surface area is 116 Å². The minimum atomic E-state index is 0.651. The van der Waals surface area contributed by atoms with Crippen molar-refractivity contribution in [2.24, 2.45) is 0 Å². The lowest BCUT2D eigenvalue weighted by Gasteiger charge is -2.28. The molecule has 1 aromatic carbocycles. The van der Waals surface area contributed by atoms with Crippen LogP contribution >= 0.6 is 0 Å². The van der Waals surface area contributed by atoms with Crippen molar-refractivity contribution in [3.63, 3.8) is 0 Å². The second-order valence-corrected chi connectivity index (χ2v) is 5.38. The highest BCUT2D eigenvalue weighted by atomic mass is 16.5. The van der Waals surface area contributed by atoms with Gasteiger partial charge in [-0.2, -0.15) is 0 Å². The van der Waals surface area contributed by atoms with Gasteiger partial charge in [0.1, 0.15) is 5.75 Å². The molecule has 1 aromatic rings. The van der Waals surface area contributed by atoms with Crippen LogP contribution in [0.25, 0.3) is 0 Å². The molecule has 1 unspecified atom stereocenters. The topological polar surface area (TPSA) is 24.5 Å². The van der Waals surface area contributed by atoms with E-state index in [1.165, 1.54) is 31.4 Å². The van der Waals surface area contributed by atoms with Crippen molar-refractivity contribution in [3.05, 3.63) is 29.8 Å². The lowest BCUT2D eigenvalue weighted by atomic mass is 10.0. The maximum absolute atomic E-state index is 5.69. The molecule has 1 atom stereocenters. The van der Waals surface area contributed by atoms with E-state index in [1.54, 1.807) is 0 Å². The molecule has 1 fully saturated rings. The number of benzene rings is 1. The molecule has 3 heteroatoms. The molecule has 1 aliphatic heterocycles. The van der Waals surface area contributed by atoms with E-state index in [1.807, 2.05) is 13.0 Å². The summed E-state index contributed by atoms with van der Waals surface area (Å²) >= 11 is 0. The van der Waals surface area contributed by atoms with Crippen LogP contribution in [-0.2, 0) is 6.54 Å². The van der Waals surface area contributed by atoms with Gasteiger partial charge in [-0.3, -0.25) is 0 Å². The first-order valence-electron chi connectivity index (χ1n) is 7.42. The lowest BCUT2D eigenvalue weighted by molar-refractivity contribution is 0.251. The number of ether oxygens (including phenoxy) is 1. The van der Waals surface area contributed by atoms with Gasteiger partial charge in [0.2, 0.25) is 0 Å². The summed E-state index contributed by atoms with van der Waals surface area (Å²) in [7, 11) is 2.19. The molecule has 0 radical (unpaired) electrons. The summed E-state index contributed by atoms with van der Waals surface area (Å²) in [6, 6.07) is 9.00. The lowest BCUT2D eigenvalue weighted by Crippen LogP contribution is -2.42. The van der Waals surface area contributed by atoms with E-state index in [9.17, 15) is 0 Å². The molecule has 2 rings (SSSR count). The van der Waals surface area contributed by atoms with E-state index in [2.05, 4.69) is 35.5 Å². The highest BCUT2D eigenvalue weighted by Crippen LogP contribution is 2.20. The van der Waals surface area contributed by atoms with Gasteiger partial charge in [0.15, 0.2) is 0 Å². The molecule has 0 amide bonds. The average molecular weight is 262 g/mol. The molecule has 1 aliphatic rings. The van der Waals surface area contributed by atoms with Crippen LogP contribution in [0.5, 0.6) is 5.75 Å². The maximum Gasteiger partial charge on any atom is 0.123 e. The van der Waals surface area contributed by atoms with Crippen LogP contribution in [0.4, 0.5) is 0 Å². The number of piperidine rings is 1. The molecular formula is C16H26N2O. The fourth-order valence-electron chi connectivity index (χ4n) is 2.74. The summed E-state index contributed by atoms with van der Waals surface area (Å²) in [5.41, 5.74) is 1.28. The van der Waals surface area contributed by atoms with Crippen molar-refractivity contribution in [2.45, 2.75) is 38.8 Å². The summed E-state index contributed by atoms with van der Waals surface area (Å²) in [5.74, 6) is 1.02. The molecule has 19 heavy (non-hydrogen) atoms. The Morgan fingerprint density at radius 3 is 2.89 bits per heavy atom. The Bertz CT molecular complexity index is 375. The third-order valence-electron chi connectivity index (χ3n) is 3.66. The summed E-state index contributed by atoms with van der Waals surface area (Å²) in [6.07, 6.45) is 3.99. The summed E-state index contributed by atoms with van der Waals surface area (Å²) < 4.78 is 5.69. The number of nitrogens with zero attached hydrogens (tertiary/aromatic N) is 1. The molecule has 1 heterocycles. The quantitative estimate of drug-likeness (QED) is 0.853. The van der Waals surface area contributed by atoms with Crippen LogP contribution in [-0.4, -0.2) is 37.7 Å². The molecule has 1 N–H and O–H groups in total. The predicted octanol–water partition coefficient (Wildman–Crippen LogP) is 2.66. The van der Waals surface area contributed by atoms with Gasteiger partial charge in [0.05, 0.1) is 6.61 Å². The zero-order valence-corrected chi connectivity index (χ0v) is 12.2. The number of rotatable bonds is 6. The van der Waals surface area contributed by atoms with Gasteiger partial charge in [-0.05, 0) is 39.4 Å². The van der Waals surface area contributed by atoms with Crippen LogP contribution in [0, 0.1) is 0 Å². The van der Waals surface area contributed by atoms with Crippen molar-refractivity contribution in [2.75, 3.05) is 26.7 Å². The summed E-state index contributed by atoms with van der Waals surface area (Å²) in [6.45, 7) is 6.00. The minimum Gasteiger partial charge on any atom is -0.494 e. The van der Waals surface area contributed by atoms with Gasteiger partial charge < -0.3 is 15.0 Å². The Hall–Kier alpha value is -1.06. The Kier molecular flexibility index (Phi) is 5.67. The van der Waals surface area contributed by atoms with Gasteiger partial charge >= 0.3 is 0 Å². The highest BCUT2D eigenvalue weighted by Gasteiger charge is 2.15. The second kappa shape index (κ2) is 7.51. The molecule has 0 bridgehead atoms. The monoisotopic (exact) mass is 262 g/mol. The zero-order valence-electron chi connectivity index (χ0n) is 12.2. The predicted molar refractivity (Wildman–Crippen MR) is 79.6 cm³/mol. The molecule has 3 nitrogen and oxygen atoms in total. The maximum atomic E-state index is 5.69. The molecular weight excluding hydrogens is 236 g/mol. The van der Waals surface area contributed by atoms with Crippen LogP contribution in [0.15, 0.2) is 24.3 Å². The Morgan fingerprint density at radius 1 is 1.32 bits per heavy atom. The van der Waals surface area contributed by atoms with Crippen LogP contribution in [0.1, 0.15) is 31.7 Å². The van der Waals surface area contributed by atoms with Gasteiger partial charge in [0, 0.05) is 24.7 Å². The molecule has 0 saturated carbocycles. The van der Waals surface area contributed by atoms with Crippen molar-refractivity contribution in [1.82, 2.24) is 10.2 Å². The summed E-state index contributed by atoms with van der Waals surface area (Å²) in [4.78, 5) is 2.39. The van der Waals surface area contributed by atoms with Crippen LogP contribution < -0.4 is 10.1 Å². The SMILES string of the molecule is CCOc1ccccc1CN(C)CC1CCCCN1. The van der Waals surface area contributed by atoms with Gasteiger partial charge in [-0.1, -0.05) is 24.6 Å². The number of para-hydroxylation sites is 1. The minimum absolute atomic E-state index is 0.651. The van der Waals surface area contributed by atoms with Crippen molar-refractivity contribution in [1.29, 1.82) is 0 Å².